The fourth-order valence-corrected chi connectivity index (χ4v) is 2.92. The minimum absolute atomic E-state index is 0.166. The molecule has 0 radical (unpaired) electrons. The first-order valence-electron chi connectivity index (χ1n) is 8.65. The summed E-state index contributed by atoms with van der Waals surface area (Å²) in [5, 5.41) is 12.9. The van der Waals surface area contributed by atoms with Crippen LogP contribution in [0.3, 0.4) is 0 Å². The van der Waals surface area contributed by atoms with E-state index in [4.69, 9.17) is 4.74 Å². The smallest absolute Gasteiger partial charge is 0.251 e. The normalized spacial score (nSPS) is 15.6. The molecular weight excluding hydrogens is 316 g/mol. The third-order valence-electron chi connectivity index (χ3n) is 4.32. The molecule has 0 bridgehead atoms. The maximum Gasteiger partial charge on any atom is 0.251 e. The van der Waals surface area contributed by atoms with Crippen molar-refractivity contribution in [1.29, 1.82) is 0 Å². The summed E-state index contributed by atoms with van der Waals surface area (Å²) in [5.74, 6) is -0.166. The Morgan fingerprint density at radius 1 is 1.08 bits per heavy atom. The Balaban J connectivity index is 1.49. The number of nitrogens with zero attached hydrogens (tertiary/aromatic N) is 1. The molecule has 3 rings (SSSR count). The zero-order chi connectivity index (χ0) is 17.5. The van der Waals surface area contributed by atoms with Gasteiger partial charge in [-0.2, -0.15) is 0 Å². The third kappa shape index (κ3) is 5.05. The monoisotopic (exact) mass is 340 g/mol. The summed E-state index contributed by atoms with van der Waals surface area (Å²) in [7, 11) is 0. The number of hydrogen-bond acceptors (Lipinski definition) is 4. The molecule has 1 unspecified atom stereocenters. The first-order chi connectivity index (χ1) is 12.2. The van der Waals surface area contributed by atoms with Crippen molar-refractivity contribution >= 4 is 11.6 Å². The summed E-state index contributed by atoms with van der Waals surface area (Å²) in [6.45, 7) is 3.45. The number of hydrogen-bond donors (Lipinski definition) is 2. The lowest BCUT2D eigenvalue weighted by atomic mass is 10.1. The summed E-state index contributed by atoms with van der Waals surface area (Å²) in [6.07, 6.45) is -0.0733. The number of carbonyl (C=O) groups excluding carboxylic acids is 1. The van der Waals surface area contributed by atoms with Crippen LogP contribution in [-0.4, -0.2) is 50.0 Å². The van der Waals surface area contributed by atoms with Gasteiger partial charge in [0.15, 0.2) is 0 Å². The number of benzene rings is 2. The van der Waals surface area contributed by atoms with E-state index in [-0.39, 0.29) is 12.5 Å². The molecule has 1 saturated heterocycles. The summed E-state index contributed by atoms with van der Waals surface area (Å²) < 4.78 is 5.35. The van der Waals surface area contributed by atoms with Crippen LogP contribution in [0.2, 0.25) is 0 Å². The van der Waals surface area contributed by atoms with Gasteiger partial charge in [-0.3, -0.25) is 4.79 Å². The van der Waals surface area contributed by atoms with Crippen LogP contribution < -0.4 is 10.2 Å². The standard InChI is InChI=1S/C20H24N2O3/c23-19(14-16-4-2-1-3-5-16)15-21-20(24)17-6-8-18(9-7-17)22-10-12-25-13-11-22/h1-9,19,23H,10-15H2,(H,21,24). The number of anilines is 1. The van der Waals surface area contributed by atoms with E-state index in [0.717, 1.165) is 37.6 Å². The maximum atomic E-state index is 12.2. The van der Waals surface area contributed by atoms with Crippen LogP contribution in [0.25, 0.3) is 0 Å². The molecule has 0 saturated carbocycles. The molecule has 132 valence electrons. The van der Waals surface area contributed by atoms with E-state index in [1.807, 2.05) is 54.6 Å². The third-order valence-corrected chi connectivity index (χ3v) is 4.32. The van der Waals surface area contributed by atoms with Gasteiger partial charge in [-0.05, 0) is 29.8 Å². The SMILES string of the molecule is O=C(NCC(O)Cc1ccccc1)c1ccc(N2CCOCC2)cc1. The molecule has 1 atom stereocenters. The largest absolute Gasteiger partial charge is 0.391 e. The zero-order valence-corrected chi connectivity index (χ0v) is 14.2. The molecule has 2 aromatic rings. The number of morpholine rings is 1. The number of ether oxygens (including phenoxy) is 1. The Labute approximate surface area is 148 Å². The van der Waals surface area contributed by atoms with Crippen LogP contribution >= 0.6 is 0 Å². The maximum absolute atomic E-state index is 12.2. The molecule has 0 aliphatic carbocycles. The highest BCUT2D eigenvalue weighted by Gasteiger charge is 2.13. The first-order valence-corrected chi connectivity index (χ1v) is 8.65. The number of carbonyl (C=O) groups is 1. The van der Waals surface area contributed by atoms with Crippen LogP contribution in [0.5, 0.6) is 0 Å². The van der Waals surface area contributed by atoms with Crippen LogP contribution in [0.1, 0.15) is 15.9 Å². The van der Waals surface area contributed by atoms with E-state index in [0.29, 0.717) is 12.0 Å². The van der Waals surface area contributed by atoms with Crippen LogP contribution in [0, 0.1) is 0 Å². The van der Waals surface area contributed by atoms with Gasteiger partial charge < -0.3 is 20.1 Å². The highest BCUT2D eigenvalue weighted by atomic mass is 16.5. The average molecular weight is 340 g/mol. The molecule has 2 N–H and O–H groups in total. The average Bonchev–Trinajstić information content (AvgIpc) is 2.68. The second-order valence-electron chi connectivity index (χ2n) is 6.20. The van der Waals surface area contributed by atoms with Crippen molar-refractivity contribution in [2.24, 2.45) is 0 Å². The van der Waals surface area contributed by atoms with Gasteiger partial charge in [0.2, 0.25) is 0 Å². The van der Waals surface area contributed by atoms with Crippen molar-refractivity contribution in [2.75, 3.05) is 37.7 Å². The molecule has 25 heavy (non-hydrogen) atoms. The van der Waals surface area contributed by atoms with Crippen molar-refractivity contribution in [3.05, 3.63) is 65.7 Å². The molecule has 1 aliphatic rings. The quantitative estimate of drug-likeness (QED) is 0.843. The predicted octanol–water partition coefficient (Wildman–Crippen LogP) is 1.86. The van der Waals surface area contributed by atoms with E-state index in [1.165, 1.54) is 0 Å². The molecule has 1 amide bonds. The van der Waals surface area contributed by atoms with E-state index in [1.54, 1.807) is 0 Å². The molecule has 0 aromatic heterocycles. The van der Waals surface area contributed by atoms with E-state index in [2.05, 4.69) is 10.2 Å². The molecule has 1 fully saturated rings. The first kappa shape index (κ1) is 17.5. The molecule has 5 nitrogen and oxygen atoms in total. The Morgan fingerprint density at radius 2 is 1.76 bits per heavy atom. The number of amides is 1. The van der Waals surface area contributed by atoms with Gasteiger partial charge in [-0.15, -0.1) is 0 Å². The second kappa shape index (κ2) is 8.65. The molecule has 0 spiro atoms. The topological polar surface area (TPSA) is 61.8 Å². The molecule has 1 heterocycles. The van der Waals surface area contributed by atoms with Crippen molar-refractivity contribution < 1.29 is 14.6 Å². The minimum Gasteiger partial charge on any atom is -0.391 e. The van der Waals surface area contributed by atoms with Gasteiger partial charge in [0.05, 0.1) is 19.3 Å². The number of nitrogens with one attached hydrogen (secondary N) is 1. The van der Waals surface area contributed by atoms with Crippen LogP contribution in [-0.2, 0) is 11.2 Å². The lowest BCUT2D eigenvalue weighted by Crippen LogP contribution is -2.36. The van der Waals surface area contributed by atoms with E-state index in [9.17, 15) is 9.90 Å². The number of rotatable bonds is 6. The van der Waals surface area contributed by atoms with E-state index < -0.39 is 6.10 Å². The fourth-order valence-electron chi connectivity index (χ4n) is 2.92. The summed E-state index contributed by atoms with van der Waals surface area (Å²) in [5.41, 5.74) is 2.76. The molecule has 1 aliphatic heterocycles. The van der Waals surface area contributed by atoms with Crippen LogP contribution in [0.4, 0.5) is 5.69 Å². The van der Waals surface area contributed by atoms with Gasteiger partial charge in [0, 0.05) is 37.3 Å². The fraction of sp³-hybridized carbons (Fsp3) is 0.350. The lowest BCUT2D eigenvalue weighted by molar-refractivity contribution is 0.0916. The summed E-state index contributed by atoms with van der Waals surface area (Å²) in [6, 6.07) is 17.3. The highest BCUT2D eigenvalue weighted by molar-refractivity contribution is 5.94. The molecule has 2 aromatic carbocycles. The second-order valence-corrected chi connectivity index (χ2v) is 6.20. The summed E-state index contributed by atoms with van der Waals surface area (Å²) >= 11 is 0. The van der Waals surface area contributed by atoms with Crippen molar-refractivity contribution in [3.8, 4) is 0 Å². The number of aliphatic hydroxyl groups excluding tert-OH is 1. The van der Waals surface area contributed by atoms with Gasteiger partial charge in [-0.1, -0.05) is 30.3 Å². The van der Waals surface area contributed by atoms with Gasteiger partial charge in [0.1, 0.15) is 0 Å². The predicted molar refractivity (Wildman–Crippen MR) is 98.0 cm³/mol. The van der Waals surface area contributed by atoms with Crippen LogP contribution in [0.15, 0.2) is 54.6 Å². The van der Waals surface area contributed by atoms with Gasteiger partial charge in [-0.25, -0.2) is 0 Å². The molecule has 5 heteroatoms. The Bertz CT molecular complexity index is 667. The van der Waals surface area contributed by atoms with Gasteiger partial charge in [0.25, 0.3) is 5.91 Å². The highest BCUT2D eigenvalue weighted by Crippen LogP contribution is 2.16. The minimum atomic E-state index is -0.598. The molecular formula is C20H24N2O3. The van der Waals surface area contributed by atoms with Crippen molar-refractivity contribution in [3.63, 3.8) is 0 Å². The number of aliphatic hydroxyl groups is 1. The van der Waals surface area contributed by atoms with E-state index >= 15 is 0 Å². The van der Waals surface area contributed by atoms with Crippen molar-refractivity contribution in [2.45, 2.75) is 12.5 Å². The Morgan fingerprint density at radius 3 is 2.44 bits per heavy atom. The van der Waals surface area contributed by atoms with Gasteiger partial charge >= 0.3 is 0 Å². The zero-order valence-electron chi connectivity index (χ0n) is 14.2. The summed E-state index contributed by atoms with van der Waals surface area (Å²) in [4.78, 5) is 14.5. The Hall–Kier alpha value is -2.37. The Kier molecular flexibility index (Phi) is 6.04. The van der Waals surface area contributed by atoms with Crippen molar-refractivity contribution in [1.82, 2.24) is 5.32 Å². The lowest BCUT2D eigenvalue weighted by Gasteiger charge is -2.28.